The Bertz CT molecular complexity index is 176. The number of esters is 1. The van der Waals surface area contributed by atoms with Crippen LogP contribution in [0, 0.1) is 5.92 Å². The monoisotopic (exact) mass is 185 g/mol. The number of hydrogen-bond donors (Lipinski definition) is 1. The Morgan fingerprint density at radius 3 is 2.54 bits per heavy atom. The quantitative estimate of drug-likeness (QED) is 0.674. The zero-order valence-electron chi connectivity index (χ0n) is 8.45. The number of nitrogens with two attached hydrogens (primary N) is 1. The molecule has 0 spiro atoms. The molecular formula is C10H19NO2. The molecule has 2 N–H and O–H groups in total. The molecule has 1 fully saturated rings. The van der Waals surface area contributed by atoms with E-state index in [1.54, 1.807) is 0 Å². The van der Waals surface area contributed by atoms with Crippen LogP contribution < -0.4 is 5.73 Å². The van der Waals surface area contributed by atoms with Crippen molar-refractivity contribution in [3.63, 3.8) is 0 Å². The van der Waals surface area contributed by atoms with Crippen LogP contribution in [0.5, 0.6) is 0 Å². The Morgan fingerprint density at radius 2 is 2.15 bits per heavy atom. The standard InChI is InChI=1S/C10H19NO2/c1-7(2)6-9(11)10(12)13-8-4-3-5-8/h7-9H,3-6,11H2,1-2H3. The molecule has 3 nitrogen and oxygen atoms in total. The largest absolute Gasteiger partial charge is 0.461 e. The molecule has 3 heteroatoms. The van der Waals surface area contributed by atoms with E-state index in [1.807, 2.05) is 0 Å². The van der Waals surface area contributed by atoms with Crippen molar-refractivity contribution in [2.24, 2.45) is 11.7 Å². The summed E-state index contributed by atoms with van der Waals surface area (Å²) in [5, 5.41) is 0. The van der Waals surface area contributed by atoms with E-state index in [9.17, 15) is 4.79 Å². The molecule has 0 aliphatic heterocycles. The maximum absolute atomic E-state index is 11.3. The summed E-state index contributed by atoms with van der Waals surface area (Å²) in [5.74, 6) is 0.224. The van der Waals surface area contributed by atoms with Crippen LogP contribution in [0.25, 0.3) is 0 Å². The first-order chi connectivity index (χ1) is 6.09. The van der Waals surface area contributed by atoms with Gasteiger partial charge in [0.15, 0.2) is 0 Å². The molecule has 0 saturated heterocycles. The van der Waals surface area contributed by atoms with E-state index in [4.69, 9.17) is 10.5 Å². The van der Waals surface area contributed by atoms with E-state index in [0.717, 1.165) is 12.8 Å². The molecule has 0 aromatic carbocycles. The van der Waals surface area contributed by atoms with Crippen molar-refractivity contribution in [1.82, 2.24) is 0 Å². The molecule has 1 saturated carbocycles. The molecule has 13 heavy (non-hydrogen) atoms. The van der Waals surface area contributed by atoms with E-state index in [0.29, 0.717) is 12.3 Å². The molecule has 1 atom stereocenters. The van der Waals surface area contributed by atoms with Gasteiger partial charge in [-0.15, -0.1) is 0 Å². The summed E-state index contributed by atoms with van der Waals surface area (Å²) in [7, 11) is 0. The fourth-order valence-corrected chi connectivity index (χ4v) is 1.34. The number of rotatable bonds is 4. The van der Waals surface area contributed by atoms with Crippen LogP contribution in [0.15, 0.2) is 0 Å². The molecule has 1 unspecified atom stereocenters. The van der Waals surface area contributed by atoms with E-state index in [2.05, 4.69) is 13.8 Å². The van der Waals surface area contributed by atoms with Crippen LogP contribution >= 0.6 is 0 Å². The highest BCUT2D eigenvalue weighted by molar-refractivity contribution is 5.75. The van der Waals surface area contributed by atoms with Gasteiger partial charge in [0.1, 0.15) is 12.1 Å². The average Bonchev–Trinajstić information content (AvgIpc) is 1.94. The summed E-state index contributed by atoms with van der Waals surface area (Å²) in [6.07, 6.45) is 4.08. The highest BCUT2D eigenvalue weighted by Gasteiger charge is 2.25. The summed E-state index contributed by atoms with van der Waals surface area (Å²) in [6, 6.07) is -0.430. The fraction of sp³-hybridized carbons (Fsp3) is 0.900. The minimum atomic E-state index is -0.430. The van der Waals surface area contributed by atoms with Gasteiger partial charge in [-0.1, -0.05) is 13.8 Å². The second kappa shape index (κ2) is 4.61. The first-order valence-corrected chi connectivity index (χ1v) is 5.05. The van der Waals surface area contributed by atoms with Gasteiger partial charge in [0.2, 0.25) is 0 Å². The van der Waals surface area contributed by atoms with Crippen LogP contribution in [0.3, 0.4) is 0 Å². The predicted octanol–water partition coefficient (Wildman–Crippen LogP) is 1.46. The van der Waals surface area contributed by atoms with Crippen molar-refractivity contribution in [3.8, 4) is 0 Å². The normalized spacial score (nSPS) is 19.7. The second-order valence-electron chi connectivity index (χ2n) is 4.23. The minimum absolute atomic E-state index is 0.158. The molecule has 0 bridgehead atoms. The maximum Gasteiger partial charge on any atom is 0.323 e. The third-order valence-corrected chi connectivity index (χ3v) is 2.36. The van der Waals surface area contributed by atoms with Gasteiger partial charge in [0, 0.05) is 0 Å². The molecule has 0 radical (unpaired) electrons. The molecule has 1 aliphatic carbocycles. The van der Waals surface area contributed by atoms with Crippen LogP contribution in [0.2, 0.25) is 0 Å². The van der Waals surface area contributed by atoms with Crippen LogP contribution in [-0.4, -0.2) is 18.1 Å². The Morgan fingerprint density at radius 1 is 1.54 bits per heavy atom. The average molecular weight is 185 g/mol. The Hall–Kier alpha value is -0.570. The van der Waals surface area contributed by atoms with Crippen molar-refractivity contribution in [1.29, 1.82) is 0 Å². The lowest BCUT2D eigenvalue weighted by atomic mass is 9.96. The highest BCUT2D eigenvalue weighted by atomic mass is 16.5. The molecule has 1 aliphatic rings. The molecular weight excluding hydrogens is 166 g/mol. The summed E-state index contributed by atoms with van der Waals surface area (Å²) >= 11 is 0. The Labute approximate surface area is 79.6 Å². The van der Waals surface area contributed by atoms with Crippen LogP contribution in [0.4, 0.5) is 0 Å². The zero-order valence-corrected chi connectivity index (χ0v) is 8.45. The number of carbonyl (C=O) groups excluding carboxylic acids is 1. The zero-order chi connectivity index (χ0) is 9.84. The van der Waals surface area contributed by atoms with Crippen molar-refractivity contribution in [2.45, 2.75) is 51.7 Å². The summed E-state index contributed by atoms with van der Waals surface area (Å²) in [6.45, 7) is 4.10. The first-order valence-electron chi connectivity index (χ1n) is 5.05. The number of hydrogen-bond acceptors (Lipinski definition) is 3. The lowest BCUT2D eigenvalue weighted by Crippen LogP contribution is -2.37. The Balaban J connectivity index is 2.20. The molecule has 0 aromatic heterocycles. The van der Waals surface area contributed by atoms with Gasteiger partial charge in [-0.25, -0.2) is 0 Å². The first kappa shape index (κ1) is 10.5. The van der Waals surface area contributed by atoms with Crippen molar-refractivity contribution >= 4 is 5.97 Å². The summed E-state index contributed by atoms with van der Waals surface area (Å²) < 4.78 is 5.19. The molecule has 0 aromatic rings. The van der Waals surface area contributed by atoms with Crippen molar-refractivity contribution < 1.29 is 9.53 Å². The summed E-state index contributed by atoms with van der Waals surface area (Å²) in [4.78, 5) is 11.3. The second-order valence-corrected chi connectivity index (χ2v) is 4.23. The van der Waals surface area contributed by atoms with E-state index >= 15 is 0 Å². The lowest BCUT2D eigenvalue weighted by Gasteiger charge is -2.26. The Kier molecular flexibility index (Phi) is 3.72. The number of carbonyl (C=O) groups is 1. The summed E-state index contributed by atoms with van der Waals surface area (Å²) in [5.41, 5.74) is 5.67. The fourth-order valence-electron chi connectivity index (χ4n) is 1.34. The lowest BCUT2D eigenvalue weighted by molar-refractivity contribution is -0.154. The molecule has 1 rings (SSSR count). The van der Waals surface area contributed by atoms with E-state index < -0.39 is 6.04 Å². The molecule has 0 amide bonds. The third kappa shape index (κ3) is 3.35. The van der Waals surface area contributed by atoms with E-state index in [-0.39, 0.29) is 12.1 Å². The van der Waals surface area contributed by atoms with Gasteiger partial charge in [-0.3, -0.25) is 4.79 Å². The minimum Gasteiger partial charge on any atom is -0.461 e. The smallest absolute Gasteiger partial charge is 0.323 e. The van der Waals surface area contributed by atoms with Gasteiger partial charge in [0.05, 0.1) is 0 Å². The molecule has 76 valence electrons. The SMILES string of the molecule is CC(C)CC(N)C(=O)OC1CCC1. The van der Waals surface area contributed by atoms with E-state index in [1.165, 1.54) is 6.42 Å². The van der Waals surface area contributed by atoms with Crippen molar-refractivity contribution in [3.05, 3.63) is 0 Å². The van der Waals surface area contributed by atoms with Gasteiger partial charge < -0.3 is 10.5 Å². The van der Waals surface area contributed by atoms with Crippen LogP contribution in [0.1, 0.15) is 39.5 Å². The van der Waals surface area contributed by atoms with Gasteiger partial charge in [0.25, 0.3) is 0 Å². The number of ether oxygens (including phenoxy) is 1. The predicted molar refractivity (Wildman–Crippen MR) is 51.2 cm³/mol. The van der Waals surface area contributed by atoms with Crippen LogP contribution in [-0.2, 0) is 9.53 Å². The van der Waals surface area contributed by atoms with Gasteiger partial charge >= 0.3 is 5.97 Å². The maximum atomic E-state index is 11.3. The molecule has 0 heterocycles. The topological polar surface area (TPSA) is 52.3 Å². The third-order valence-electron chi connectivity index (χ3n) is 2.36. The van der Waals surface area contributed by atoms with Gasteiger partial charge in [-0.05, 0) is 31.6 Å². The van der Waals surface area contributed by atoms with Gasteiger partial charge in [-0.2, -0.15) is 0 Å². The highest BCUT2D eigenvalue weighted by Crippen LogP contribution is 2.22. The van der Waals surface area contributed by atoms with Crippen molar-refractivity contribution in [2.75, 3.05) is 0 Å².